The van der Waals surface area contributed by atoms with Gasteiger partial charge in [0.1, 0.15) is 5.75 Å². The van der Waals surface area contributed by atoms with Gasteiger partial charge in [-0.2, -0.15) is 0 Å². The first-order chi connectivity index (χ1) is 17.0. The van der Waals surface area contributed by atoms with Crippen molar-refractivity contribution in [3.8, 4) is 5.75 Å². The Morgan fingerprint density at radius 1 is 1.14 bits per heavy atom. The van der Waals surface area contributed by atoms with Crippen LogP contribution in [0, 0.1) is 23.7 Å². The van der Waals surface area contributed by atoms with Gasteiger partial charge in [-0.15, -0.1) is 0 Å². The number of phenolic OH excluding ortho intramolecular Hbond substituents is 1. The molecule has 5 rings (SSSR count). The molecule has 192 valence electrons. The van der Waals surface area contributed by atoms with Crippen molar-refractivity contribution in [1.29, 1.82) is 0 Å². The molecule has 2 saturated carbocycles. The van der Waals surface area contributed by atoms with Gasteiger partial charge in [0, 0.05) is 24.7 Å². The molecule has 0 bridgehead atoms. The minimum Gasteiger partial charge on any atom is -0.507 e. The topological polar surface area (TPSA) is 168 Å². The SMILES string of the molecule is CN(C)[C@H]1C(=O)C(C(N)=O)C(=O)[C@]2(O)C(=O)C3C(=O)c4c(O)ccc(N5CCOCC5)c4C[C@@H]3C[C@H]12. The maximum atomic E-state index is 13.8. The Kier molecular flexibility index (Phi) is 5.77. The molecular weight excluding hydrogens is 470 g/mol. The molecule has 11 nitrogen and oxygen atoms in total. The van der Waals surface area contributed by atoms with Gasteiger partial charge in [-0.3, -0.25) is 28.9 Å². The maximum absolute atomic E-state index is 13.8. The summed E-state index contributed by atoms with van der Waals surface area (Å²) < 4.78 is 5.43. The van der Waals surface area contributed by atoms with Crippen molar-refractivity contribution in [3.63, 3.8) is 0 Å². The summed E-state index contributed by atoms with van der Waals surface area (Å²) in [5, 5.41) is 22.2. The van der Waals surface area contributed by atoms with Crippen LogP contribution in [-0.2, 0) is 30.3 Å². The number of nitrogens with zero attached hydrogens (tertiary/aromatic N) is 2. The van der Waals surface area contributed by atoms with E-state index in [0.29, 0.717) is 31.9 Å². The number of aromatic hydroxyl groups is 1. The van der Waals surface area contributed by atoms with Crippen molar-refractivity contribution in [3.05, 3.63) is 23.3 Å². The van der Waals surface area contributed by atoms with Crippen LogP contribution in [0.3, 0.4) is 0 Å². The first kappa shape index (κ1) is 24.5. The molecule has 3 fully saturated rings. The predicted octanol–water partition coefficient (Wildman–Crippen LogP) is -1.30. The molecule has 36 heavy (non-hydrogen) atoms. The molecule has 1 aliphatic heterocycles. The van der Waals surface area contributed by atoms with Crippen LogP contribution in [0.2, 0.25) is 0 Å². The smallest absolute Gasteiger partial charge is 0.235 e. The van der Waals surface area contributed by atoms with Crippen LogP contribution < -0.4 is 10.6 Å². The average molecular weight is 500 g/mol. The summed E-state index contributed by atoms with van der Waals surface area (Å²) >= 11 is 0. The number of likely N-dealkylation sites (N-methyl/N-ethyl adjacent to an activating group) is 1. The Morgan fingerprint density at radius 2 is 1.81 bits per heavy atom. The highest BCUT2D eigenvalue weighted by Crippen LogP contribution is 2.51. The summed E-state index contributed by atoms with van der Waals surface area (Å²) in [4.78, 5) is 69.5. The van der Waals surface area contributed by atoms with Crippen molar-refractivity contribution >= 4 is 34.7 Å². The van der Waals surface area contributed by atoms with Crippen molar-refractivity contribution in [2.24, 2.45) is 29.4 Å². The number of rotatable bonds is 3. The van der Waals surface area contributed by atoms with Gasteiger partial charge < -0.3 is 25.6 Å². The zero-order valence-corrected chi connectivity index (χ0v) is 20.1. The lowest BCUT2D eigenvalue weighted by Crippen LogP contribution is -2.74. The van der Waals surface area contributed by atoms with E-state index in [0.717, 1.165) is 5.69 Å². The number of amides is 1. The van der Waals surface area contributed by atoms with Crippen LogP contribution in [0.5, 0.6) is 5.75 Å². The number of primary amides is 1. The number of carbonyl (C=O) groups excluding carboxylic acids is 5. The number of benzene rings is 1. The Labute approximate surface area is 207 Å². The molecular formula is C25H29N3O8. The monoisotopic (exact) mass is 499 g/mol. The number of anilines is 1. The van der Waals surface area contributed by atoms with E-state index in [4.69, 9.17) is 10.5 Å². The second-order valence-corrected chi connectivity index (χ2v) is 10.3. The molecule has 6 atom stereocenters. The standard InChI is InChI=1S/C25H29N3O8/c1-27(2)19-13-10-11-9-12-14(28-5-7-36-8-6-28)3-4-15(29)17(12)20(30)16(11)22(32)25(13,35)23(33)18(21(19)31)24(26)34/h3-4,11,13,16,18-19,29,35H,5-10H2,1-2H3,(H2,26,34)/t11-,13-,16?,18?,19-,25-/m1/s1. The van der Waals surface area contributed by atoms with E-state index in [9.17, 15) is 34.2 Å². The normalized spacial score (nSPS) is 34.3. The highest BCUT2D eigenvalue weighted by molar-refractivity contribution is 6.32. The maximum Gasteiger partial charge on any atom is 0.235 e. The number of Topliss-reactive ketones (excluding diaryl/α,β-unsaturated/α-hetero) is 4. The van der Waals surface area contributed by atoms with E-state index < -0.39 is 64.4 Å². The van der Waals surface area contributed by atoms with Crippen LogP contribution in [-0.4, -0.2) is 96.2 Å². The van der Waals surface area contributed by atoms with Crippen LogP contribution in [0.1, 0.15) is 22.3 Å². The fourth-order valence-electron chi connectivity index (χ4n) is 6.69. The number of ketones is 4. The van der Waals surface area contributed by atoms with Crippen LogP contribution in [0.25, 0.3) is 0 Å². The number of carbonyl (C=O) groups is 5. The first-order valence-electron chi connectivity index (χ1n) is 12.0. The highest BCUT2D eigenvalue weighted by Gasteiger charge is 2.69. The number of hydrogen-bond donors (Lipinski definition) is 3. The number of aliphatic hydroxyl groups is 1. The highest BCUT2D eigenvalue weighted by atomic mass is 16.5. The molecule has 4 aliphatic rings. The van der Waals surface area contributed by atoms with Gasteiger partial charge in [0.05, 0.1) is 30.7 Å². The number of phenols is 1. The molecule has 3 aliphatic carbocycles. The lowest BCUT2D eigenvalue weighted by Gasteiger charge is -2.52. The van der Waals surface area contributed by atoms with Crippen LogP contribution in [0.15, 0.2) is 12.1 Å². The zero-order chi connectivity index (χ0) is 26.1. The Balaban J connectivity index is 1.62. The lowest BCUT2D eigenvalue weighted by atomic mass is 9.52. The summed E-state index contributed by atoms with van der Waals surface area (Å²) in [5.74, 6) is -10.4. The fourth-order valence-corrected chi connectivity index (χ4v) is 6.69. The summed E-state index contributed by atoms with van der Waals surface area (Å²) in [6.45, 7) is 2.22. The average Bonchev–Trinajstić information content (AvgIpc) is 2.81. The summed E-state index contributed by atoms with van der Waals surface area (Å²) in [6.07, 6.45) is 0.273. The van der Waals surface area contributed by atoms with Gasteiger partial charge in [0.25, 0.3) is 0 Å². The molecule has 4 N–H and O–H groups in total. The number of ether oxygens (including phenoxy) is 1. The molecule has 1 aromatic carbocycles. The molecule has 1 aromatic rings. The number of morpholine rings is 1. The van der Waals surface area contributed by atoms with E-state index in [1.807, 2.05) is 0 Å². The first-order valence-corrected chi connectivity index (χ1v) is 12.0. The van der Waals surface area contributed by atoms with Gasteiger partial charge in [0.2, 0.25) is 5.91 Å². The molecule has 2 unspecified atom stereocenters. The summed E-state index contributed by atoms with van der Waals surface area (Å²) in [5.41, 5.74) is 3.99. The van der Waals surface area contributed by atoms with E-state index in [1.165, 1.54) is 11.0 Å². The molecule has 0 spiro atoms. The number of hydrogen-bond acceptors (Lipinski definition) is 10. The zero-order valence-electron chi connectivity index (χ0n) is 20.1. The van der Waals surface area contributed by atoms with Crippen molar-refractivity contribution in [2.75, 3.05) is 45.3 Å². The molecule has 1 heterocycles. The molecule has 1 amide bonds. The van der Waals surface area contributed by atoms with E-state index in [2.05, 4.69) is 4.90 Å². The Hall–Kier alpha value is -3.15. The minimum absolute atomic E-state index is 0.00517. The van der Waals surface area contributed by atoms with Crippen molar-refractivity contribution in [2.45, 2.75) is 24.5 Å². The van der Waals surface area contributed by atoms with Gasteiger partial charge >= 0.3 is 0 Å². The van der Waals surface area contributed by atoms with Crippen LogP contribution in [0.4, 0.5) is 5.69 Å². The third-order valence-corrected chi connectivity index (χ3v) is 8.27. The summed E-state index contributed by atoms with van der Waals surface area (Å²) in [6, 6.07) is 2.03. The van der Waals surface area contributed by atoms with Crippen molar-refractivity contribution in [1.82, 2.24) is 4.90 Å². The third-order valence-electron chi connectivity index (χ3n) is 8.27. The predicted molar refractivity (Wildman–Crippen MR) is 124 cm³/mol. The lowest BCUT2D eigenvalue weighted by molar-refractivity contribution is -0.181. The number of fused-ring (bicyclic) bond motifs is 3. The second-order valence-electron chi connectivity index (χ2n) is 10.3. The number of nitrogens with two attached hydrogens (primary N) is 1. The summed E-state index contributed by atoms with van der Waals surface area (Å²) in [7, 11) is 3.12. The molecule has 0 radical (unpaired) electrons. The van der Waals surface area contributed by atoms with Gasteiger partial charge in [-0.05, 0) is 50.6 Å². The van der Waals surface area contributed by atoms with E-state index >= 15 is 0 Å². The van der Waals surface area contributed by atoms with E-state index in [-0.39, 0.29) is 24.2 Å². The van der Waals surface area contributed by atoms with Gasteiger partial charge in [0.15, 0.2) is 34.7 Å². The largest absolute Gasteiger partial charge is 0.507 e. The molecule has 0 aromatic heterocycles. The molecule has 11 heteroatoms. The Bertz CT molecular complexity index is 1190. The van der Waals surface area contributed by atoms with Gasteiger partial charge in [-0.1, -0.05) is 0 Å². The van der Waals surface area contributed by atoms with Gasteiger partial charge in [-0.25, -0.2) is 0 Å². The van der Waals surface area contributed by atoms with Crippen LogP contribution >= 0.6 is 0 Å². The fraction of sp³-hybridized carbons (Fsp3) is 0.560. The third kappa shape index (κ3) is 3.26. The molecule has 1 saturated heterocycles. The Morgan fingerprint density at radius 3 is 2.42 bits per heavy atom. The minimum atomic E-state index is -2.71. The second kappa shape index (κ2) is 8.46. The van der Waals surface area contributed by atoms with E-state index in [1.54, 1.807) is 20.2 Å². The van der Waals surface area contributed by atoms with Crippen molar-refractivity contribution < 1.29 is 38.9 Å². The quantitative estimate of drug-likeness (QED) is 0.425.